The van der Waals surface area contributed by atoms with Gasteiger partial charge in [0, 0.05) is 12.6 Å². The summed E-state index contributed by atoms with van der Waals surface area (Å²) in [6.45, 7) is -1.49. The Morgan fingerprint density at radius 1 is 1.06 bits per heavy atom. The molecule has 0 radical (unpaired) electrons. The van der Waals surface area contributed by atoms with Gasteiger partial charge in [-0.3, -0.25) is 9.59 Å². The molecule has 0 aromatic rings. The minimum absolute atomic E-state index is 0.0188. The molecule has 0 aromatic heterocycles. The van der Waals surface area contributed by atoms with Crippen LogP contribution < -0.4 is 0 Å². The van der Waals surface area contributed by atoms with Crippen molar-refractivity contribution in [2.24, 2.45) is 0 Å². The van der Waals surface area contributed by atoms with Crippen LogP contribution in [0.4, 0.5) is 4.79 Å². The first kappa shape index (κ1) is 14.2. The third-order valence-electron chi connectivity index (χ3n) is 2.50. The third kappa shape index (κ3) is 4.21. The summed E-state index contributed by atoms with van der Waals surface area (Å²) in [7, 11) is 0. The normalized spacial score (nSPS) is 14.1. The summed E-state index contributed by atoms with van der Waals surface area (Å²) in [5.74, 6) is -2.55. The number of carbonyl (C=O) groups is 3. The molecule has 0 unspecified atom stereocenters. The molecular formula is C10H16N2O6. The van der Waals surface area contributed by atoms with Gasteiger partial charge in [-0.1, -0.05) is 0 Å². The zero-order valence-corrected chi connectivity index (χ0v) is 9.78. The monoisotopic (exact) mass is 260 g/mol. The largest absolute Gasteiger partial charge is 0.480 e. The topological polar surface area (TPSA) is 118 Å². The second-order valence-corrected chi connectivity index (χ2v) is 4.07. The number of hydrogen-bond donors (Lipinski definition) is 3. The van der Waals surface area contributed by atoms with Crippen molar-refractivity contribution in [3.8, 4) is 0 Å². The van der Waals surface area contributed by atoms with Crippen molar-refractivity contribution in [2.75, 3.05) is 26.2 Å². The molecule has 0 heterocycles. The van der Waals surface area contributed by atoms with Gasteiger partial charge < -0.3 is 25.1 Å². The Morgan fingerprint density at radius 3 is 1.89 bits per heavy atom. The molecule has 1 rings (SSSR count). The van der Waals surface area contributed by atoms with Crippen molar-refractivity contribution < 1.29 is 29.7 Å². The number of carboxylic acids is 2. The average molecular weight is 260 g/mol. The van der Waals surface area contributed by atoms with Gasteiger partial charge in [-0.2, -0.15) is 0 Å². The molecule has 8 nitrogen and oxygen atoms in total. The molecule has 1 aliphatic rings. The molecule has 18 heavy (non-hydrogen) atoms. The standard InChI is InChI=1S/C10H16N2O6/c13-4-3-12(7-1-2-7)10(18)11(5-8(14)15)6-9(16)17/h7,13H,1-6H2,(H,14,15)(H,16,17). The minimum Gasteiger partial charge on any atom is -0.480 e. The summed E-state index contributed by atoms with van der Waals surface area (Å²) in [4.78, 5) is 35.3. The maximum Gasteiger partial charge on any atom is 0.323 e. The van der Waals surface area contributed by atoms with Crippen molar-refractivity contribution >= 4 is 18.0 Å². The van der Waals surface area contributed by atoms with E-state index in [-0.39, 0.29) is 19.2 Å². The third-order valence-corrected chi connectivity index (χ3v) is 2.50. The second kappa shape index (κ2) is 6.20. The van der Waals surface area contributed by atoms with Crippen LogP contribution in [0, 0.1) is 0 Å². The van der Waals surface area contributed by atoms with Crippen molar-refractivity contribution in [1.29, 1.82) is 0 Å². The lowest BCUT2D eigenvalue weighted by molar-refractivity contribution is -0.140. The number of carboxylic acid groups (broad SMARTS) is 2. The Morgan fingerprint density at radius 2 is 1.56 bits per heavy atom. The summed E-state index contributed by atoms with van der Waals surface area (Å²) in [6.07, 6.45) is 1.58. The lowest BCUT2D eigenvalue weighted by Gasteiger charge is -2.28. The molecule has 0 spiro atoms. The Kier molecular flexibility index (Phi) is 4.90. The number of rotatable bonds is 7. The first-order valence-electron chi connectivity index (χ1n) is 5.55. The van der Waals surface area contributed by atoms with E-state index in [0.29, 0.717) is 0 Å². The van der Waals surface area contributed by atoms with E-state index < -0.39 is 31.1 Å². The molecule has 0 aromatic carbocycles. The Labute approximate surface area is 103 Å². The van der Waals surface area contributed by atoms with E-state index in [0.717, 1.165) is 17.7 Å². The minimum atomic E-state index is -1.27. The van der Waals surface area contributed by atoms with Gasteiger partial charge in [-0.25, -0.2) is 4.79 Å². The Balaban J connectivity index is 2.71. The van der Waals surface area contributed by atoms with E-state index in [9.17, 15) is 14.4 Å². The molecule has 102 valence electrons. The van der Waals surface area contributed by atoms with Crippen LogP contribution >= 0.6 is 0 Å². The summed E-state index contributed by atoms with van der Waals surface area (Å²) < 4.78 is 0. The molecule has 8 heteroatoms. The number of aliphatic carboxylic acids is 2. The lowest BCUT2D eigenvalue weighted by Crippen LogP contribution is -2.49. The maximum absolute atomic E-state index is 12.0. The molecule has 1 saturated carbocycles. The number of hydrogen-bond acceptors (Lipinski definition) is 4. The van der Waals surface area contributed by atoms with Gasteiger partial charge in [0.15, 0.2) is 0 Å². The van der Waals surface area contributed by atoms with Gasteiger partial charge >= 0.3 is 18.0 Å². The molecule has 1 fully saturated rings. The van der Waals surface area contributed by atoms with Gasteiger partial charge in [0.25, 0.3) is 0 Å². The lowest BCUT2D eigenvalue weighted by atomic mass is 10.4. The van der Waals surface area contributed by atoms with Crippen LogP contribution in [-0.4, -0.2) is 75.4 Å². The number of amides is 2. The van der Waals surface area contributed by atoms with E-state index in [1.54, 1.807) is 0 Å². The number of urea groups is 1. The summed E-state index contributed by atoms with van der Waals surface area (Å²) in [6, 6.07) is -0.675. The number of carbonyl (C=O) groups excluding carboxylic acids is 1. The van der Waals surface area contributed by atoms with Crippen molar-refractivity contribution in [1.82, 2.24) is 9.80 Å². The summed E-state index contributed by atoms with van der Waals surface area (Å²) in [5.41, 5.74) is 0. The van der Waals surface area contributed by atoms with Gasteiger partial charge in [-0.05, 0) is 12.8 Å². The maximum atomic E-state index is 12.0. The van der Waals surface area contributed by atoms with E-state index in [4.69, 9.17) is 15.3 Å². The van der Waals surface area contributed by atoms with Crippen molar-refractivity contribution in [2.45, 2.75) is 18.9 Å². The van der Waals surface area contributed by atoms with Crippen LogP contribution in [0.25, 0.3) is 0 Å². The SMILES string of the molecule is O=C(O)CN(CC(=O)O)C(=O)N(CCO)C1CC1. The van der Waals surface area contributed by atoms with Crippen LogP contribution in [0.3, 0.4) is 0 Å². The predicted molar refractivity (Wildman–Crippen MR) is 59.1 cm³/mol. The highest BCUT2D eigenvalue weighted by molar-refractivity contribution is 5.84. The van der Waals surface area contributed by atoms with E-state index in [1.165, 1.54) is 4.90 Å². The highest BCUT2D eigenvalue weighted by Gasteiger charge is 2.35. The van der Waals surface area contributed by atoms with E-state index in [1.807, 2.05) is 0 Å². The summed E-state index contributed by atoms with van der Waals surface area (Å²) >= 11 is 0. The zero-order valence-electron chi connectivity index (χ0n) is 9.78. The molecule has 0 saturated heterocycles. The number of aliphatic hydroxyl groups is 1. The fraction of sp³-hybridized carbons (Fsp3) is 0.700. The highest BCUT2D eigenvalue weighted by Crippen LogP contribution is 2.27. The van der Waals surface area contributed by atoms with Gasteiger partial charge in [0.05, 0.1) is 6.61 Å². The first-order valence-corrected chi connectivity index (χ1v) is 5.55. The molecule has 0 atom stereocenters. The number of aliphatic hydroxyl groups excluding tert-OH is 1. The number of nitrogens with zero attached hydrogens (tertiary/aromatic N) is 2. The fourth-order valence-corrected chi connectivity index (χ4v) is 1.63. The first-order chi connectivity index (χ1) is 8.45. The summed E-state index contributed by atoms with van der Waals surface area (Å²) in [5, 5.41) is 26.2. The van der Waals surface area contributed by atoms with Gasteiger partial charge in [-0.15, -0.1) is 0 Å². The van der Waals surface area contributed by atoms with Crippen LogP contribution in [0.5, 0.6) is 0 Å². The smallest absolute Gasteiger partial charge is 0.323 e. The van der Waals surface area contributed by atoms with Crippen molar-refractivity contribution in [3.63, 3.8) is 0 Å². The molecule has 1 aliphatic carbocycles. The molecule has 0 aliphatic heterocycles. The van der Waals surface area contributed by atoms with Crippen molar-refractivity contribution in [3.05, 3.63) is 0 Å². The molecular weight excluding hydrogens is 244 g/mol. The Bertz CT molecular complexity index is 325. The van der Waals surface area contributed by atoms with Gasteiger partial charge in [0.1, 0.15) is 13.1 Å². The van der Waals surface area contributed by atoms with Crippen LogP contribution in [0.1, 0.15) is 12.8 Å². The quantitative estimate of drug-likeness (QED) is 0.542. The molecule has 3 N–H and O–H groups in total. The van der Waals surface area contributed by atoms with E-state index in [2.05, 4.69) is 0 Å². The van der Waals surface area contributed by atoms with Gasteiger partial charge in [0.2, 0.25) is 0 Å². The average Bonchev–Trinajstić information content (AvgIpc) is 3.06. The zero-order chi connectivity index (χ0) is 13.7. The molecule has 2 amide bonds. The predicted octanol–water partition coefficient (Wildman–Crippen LogP) is -0.966. The van der Waals surface area contributed by atoms with Crippen LogP contribution in [0.15, 0.2) is 0 Å². The van der Waals surface area contributed by atoms with E-state index >= 15 is 0 Å². The fourth-order valence-electron chi connectivity index (χ4n) is 1.63. The van der Waals surface area contributed by atoms with Crippen LogP contribution in [0.2, 0.25) is 0 Å². The molecule has 0 bridgehead atoms. The second-order valence-electron chi connectivity index (χ2n) is 4.07. The van der Waals surface area contributed by atoms with Crippen LogP contribution in [-0.2, 0) is 9.59 Å². The highest BCUT2D eigenvalue weighted by atomic mass is 16.4. The Hall–Kier alpha value is -1.83.